The Kier molecular flexibility index (Phi) is 117. The maximum atomic E-state index is 2.48. The molecule has 0 aliphatic heterocycles. The molecule has 0 nitrogen and oxygen atoms in total. The van der Waals surface area contributed by atoms with Crippen LogP contribution in [0.3, 0.4) is 0 Å². The van der Waals surface area contributed by atoms with E-state index in [9.17, 15) is 0 Å². The van der Waals surface area contributed by atoms with E-state index in [1.54, 1.807) is 65.1 Å². The zero-order valence-corrected chi connectivity index (χ0v) is 84.5. The van der Waals surface area contributed by atoms with E-state index in [1.165, 1.54) is 501 Å². The Morgan fingerprint density at radius 1 is 0.108 bits per heavy atom. The summed E-state index contributed by atoms with van der Waals surface area (Å²) < 4.78 is 10.2. The summed E-state index contributed by atoms with van der Waals surface area (Å²) >= 11 is -2.37. The van der Waals surface area contributed by atoms with Crippen molar-refractivity contribution in [2.75, 3.05) is 0 Å². The van der Waals surface area contributed by atoms with E-state index in [4.69, 9.17) is 0 Å². The second kappa shape index (κ2) is 112. The molecule has 3 heteroatoms. The van der Waals surface area contributed by atoms with Crippen LogP contribution in [0.5, 0.6) is 0 Å². The van der Waals surface area contributed by atoms with Crippen molar-refractivity contribution in [3.63, 3.8) is 0 Å². The first-order valence-corrected chi connectivity index (χ1v) is 64.4. The molecule has 0 saturated carbocycles. The molecule has 0 unspecified atom stereocenters. The van der Waals surface area contributed by atoms with Crippen LogP contribution in [0.2, 0.25) is 26.6 Å². The topological polar surface area (TPSA) is 0 Å². The molecule has 0 N–H and O–H groups in total. The predicted octanol–water partition coefficient (Wildman–Crippen LogP) is 41.2. The van der Waals surface area contributed by atoms with Gasteiger partial charge in [-0.3, -0.25) is 0 Å². The molecular formula is C108H210SSn2. The zero-order chi connectivity index (χ0) is 79.3. The normalized spacial score (nSPS) is 11.9. The molecule has 0 spiro atoms. The summed E-state index contributed by atoms with van der Waals surface area (Å²) in [5.41, 5.74) is 0. The van der Waals surface area contributed by atoms with Crippen LogP contribution in [0.25, 0.3) is 0 Å². The SMILES string of the molecule is CCCCCCCC/C=C\CCCCCCC[CH2][Sn+]([CH2]CCCCCCC/C=C\CCCCCCCC)[CH2]CCCCCCC/C=C\CCCCCCCC.CCCCCCCC/C=C\CCCCCCC[CH2][Sn+]([CH2]CCCCCCC/C=C\CCCCCCCC)[CH2]CCCCCCC/C=C\CCCCCCCC.[S-2]. The molecule has 0 fully saturated rings. The first-order chi connectivity index (χ1) is 54.7. The molecule has 0 atom stereocenters. The van der Waals surface area contributed by atoms with E-state index < -0.39 is 39.5 Å². The van der Waals surface area contributed by atoms with Crippen LogP contribution in [0.15, 0.2) is 72.9 Å². The first kappa shape index (κ1) is 116. The van der Waals surface area contributed by atoms with E-state index in [-0.39, 0.29) is 13.5 Å². The minimum absolute atomic E-state index is 0. The third kappa shape index (κ3) is 110. The van der Waals surface area contributed by atoms with Crippen LogP contribution in [0, 0.1) is 0 Å². The first-order valence-electron chi connectivity index (χ1n) is 52.3. The Morgan fingerprint density at radius 2 is 0.189 bits per heavy atom. The molecule has 0 radical (unpaired) electrons. The van der Waals surface area contributed by atoms with Gasteiger partial charge in [0.15, 0.2) is 0 Å². The molecule has 0 heterocycles. The van der Waals surface area contributed by atoms with Crippen molar-refractivity contribution in [1.82, 2.24) is 0 Å². The molecule has 0 bridgehead atoms. The second-order valence-corrected chi connectivity index (χ2v) is 52.8. The predicted molar refractivity (Wildman–Crippen MR) is 524 cm³/mol. The minimum Gasteiger partial charge on any atom is -2.00 e. The van der Waals surface area contributed by atoms with Crippen LogP contribution < -0.4 is 0 Å². The second-order valence-electron chi connectivity index (χ2n) is 35.6. The monoisotopic (exact) mass is 1780 g/mol. The number of hydrogen-bond donors (Lipinski definition) is 0. The molecule has 111 heavy (non-hydrogen) atoms. The Labute approximate surface area is 727 Å². The number of allylic oxidation sites excluding steroid dienone is 12. The van der Waals surface area contributed by atoms with E-state index in [1.807, 2.05) is 0 Å². The molecular weight excluding hydrogens is 1570 g/mol. The summed E-state index contributed by atoms with van der Waals surface area (Å²) in [5.74, 6) is 0. The molecule has 0 aliphatic carbocycles. The van der Waals surface area contributed by atoms with Crippen molar-refractivity contribution >= 4 is 53.0 Å². The molecule has 0 amide bonds. The van der Waals surface area contributed by atoms with Gasteiger partial charge in [0.25, 0.3) is 0 Å². The van der Waals surface area contributed by atoms with Gasteiger partial charge in [0, 0.05) is 0 Å². The number of hydrogen-bond acceptors (Lipinski definition) is 0. The van der Waals surface area contributed by atoms with Gasteiger partial charge in [-0.15, -0.1) is 0 Å². The minimum atomic E-state index is -1.18. The van der Waals surface area contributed by atoms with Crippen LogP contribution in [-0.4, -0.2) is 39.5 Å². The van der Waals surface area contributed by atoms with E-state index in [0.717, 1.165) is 0 Å². The quantitative estimate of drug-likeness (QED) is 0.0323. The fourth-order valence-corrected chi connectivity index (χ4v) is 33.6. The van der Waals surface area contributed by atoms with Crippen molar-refractivity contribution in [3.05, 3.63) is 72.9 Å². The summed E-state index contributed by atoms with van der Waals surface area (Å²) in [6, 6.07) is 0. The van der Waals surface area contributed by atoms with Gasteiger partial charge >= 0.3 is 486 Å². The van der Waals surface area contributed by atoms with Gasteiger partial charge in [-0.1, -0.05) is 234 Å². The Morgan fingerprint density at radius 3 is 0.288 bits per heavy atom. The summed E-state index contributed by atoms with van der Waals surface area (Å²) in [4.78, 5) is 0. The van der Waals surface area contributed by atoms with Gasteiger partial charge in [0.2, 0.25) is 0 Å². The number of rotatable bonds is 96. The summed E-state index contributed by atoms with van der Waals surface area (Å²) in [5, 5.41) is 0. The summed E-state index contributed by atoms with van der Waals surface area (Å²) in [6.45, 7) is 13.9. The third-order valence-electron chi connectivity index (χ3n) is 24.3. The molecule has 0 aliphatic rings. The van der Waals surface area contributed by atoms with Crippen molar-refractivity contribution in [1.29, 1.82) is 0 Å². The zero-order valence-electron chi connectivity index (χ0n) is 78.0. The van der Waals surface area contributed by atoms with E-state index >= 15 is 0 Å². The van der Waals surface area contributed by atoms with E-state index in [2.05, 4.69) is 114 Å². The number of unbranched alkanes of at least 4 members (excludes halogenated alkanes) is 72. The van der Waals surface area contributed by atoms with Gasteiger partial charge in [-0.05, 0) is 0 Å². The smallest absolute Gasteiger partial charge is 2.00 e. The molecule has 0 saturated heterocycles. The maximum absolute atomic E-state index is 2.48. The third-order valence-corrected chi connectivity index (χ3v) is 42.4. The van der Waals surface area contributed by atoms with Crippen molar-refractivity contribution < 1.29 is 0 Å². The van der Waals surface area contributed by atoms with Crippen LogP contribution in [0.4, 0.5) is 0 Å². The van der Waals surface area contributed by atoms with Gasteiger partial charge in [0.1, 0.15) is 0 Å². The van der Waals surface area contributed by atoms with Crippen LogP contribution >= 0.6 is 0 Å². The summed E-state index contributed by atoms with van der Waals surface area (Å²) in [7, 11) is 0. The van der Waals surface area contributed by atoms with Gasteiger partial charge in [-0.2, -0.15) is 0 Å². The Hall–Kier alpha value is 0.387. The van der Waals surface area contributed by atoms with E-state index in [0.29, 0.717) is 0 Å². The van der Waals surface area contributed by atoms with Crippen LogP contribution in [0.1, 0.15) is 581 Å². The molecule has 0 rings (SSSR count). The average molecular weight is 1780 g/mol. The fourth-order valence-electron chi connectivity index (χ4n) is 16.5. The molecule has 0 aromatic rings. The van der Waals surface area contributed by atoms with Gasteiger partial charge < -0.3 is 13.5 Å². The van der Waals surface area contributed by atoms with Gasteiger partial charge in [-0.25, -0.2) is 0 Å². The standard InChI is InChI=1S/6C18H35.S.2Sn/c6*1-3-5-7-9-11-13-15-17-18-16-14-12-10-8-6-4-2;;;/h6*17-18H,1,3-16H2,2H3;;;/q;;;;;;-2;2*+1/b6*18-17-;;;. The van der Waals surface area contributed by atoms with Crippen LogP contribution in [-0.2, 0) is 13.5 Å². The van der Waals surface area contributed by atoms with Crippen molar-refractivity contribution in [2.45, 2.75) is 608 Å². The summed E-state index contributed by atoms with van der Waals surface area (Å²) in [6.07, 6.45) is 150. The molecule has 656 valence electrons. The molecule has 0 aromatic heterocycles. The fraction of sp³-hybridized carbons (Fsp3) is 0.889. The van der Waals surface area contributed by atoms with Crippen molar-refractivity contribution in [3.8, 4) is 0 Å². The van der Waals surface area contributed by atoms with Gasteiger partial charge in [0.05, 0.1) is 0 Å². The Balaban J connectivity index is -0.00000208. The average Bonchev–Trinajstić information content (AvgIpc) is 1.09. The molecule has 0 aromatic carbocycles. The van der Waals surface area contributed by atoms with Crippen molar-refractivity contribution in [2.24, 2.45) is 0 Å². The Bertz CT molecular complexity index is 1430.